The number of rotatable bonds is 5. The molecular weight excluding hydrogens is 375 g/mol. The summed E-state index contributed by atoms with van der Waals surface area (Å²) in [5.41, 5.74) is 2.41. The van der Waals surface area contributed by atoms with Crippen molar-refractivity contribution in [3.8, 4) is 6.07 Å². The molecule has 0 bridgehead atoms. The highest BCUT2D eigenvalue weighted by Crippen LogP contribution is 2.34. The van der Waals surface area contributed by atoms with Crippen LogP contribution in [0.15, 0.2) is 18.3 Å². The van der Waals surface area contributed by atoms with Gasteiger partial charge in [-0.2, -0.15) is 5.26 Å². The second-order valence-corrected chi connectivity index (χ2v) is 7.04. The van der Waals surface area contributed by atoms with Crippen LogP contribution in [-0.4, -0.2) is 43.1 Å². The van der Waals surface area contributed by atoms with Crippen LogP contribution in [0.4, 0.5) is 10.1 Å². The number of halogens is 1. The molecule has 0 atom stereocenters. The van der Waals surface area contributed by atoms with Crippen molar-refractivity contribution in [3.63, 3.8) is 0 Å². The summed E-state index contributed by atoms with van der Waals surface area (Å²) in [4.78, 5) is 30.1. The maximum Gasteiger partial charge on any atom is 0.325 e. The summed E-state index contributed by atoms with van der Waals surface area (Å²) in [5, 5.41) is 12.8. The molecule has 29 heavy (non-hydrogen) atoms. The largest absolute Gasteiger partial charge is 0.465 e. The predicted molar refractivity (Wildman–Crippen MR) is 106 cm³/mol. The molecule has 0 spiro atoms. The van der Waals surface area contributed by atoms with Crippen LogP contribution >= 0.6 is 0 Å². The minimum Gasteiger partial charge on any atom is -0.465 e. The Morgan fingerprint density at radius 3 is 2.76 bits per heavy atom. The predicted octanol–water partition coefficient (Wildman–Crippen LogP) is 2.45. The van der Waals surface area contributed by atoms with Crippen LogP contribution in [0, 0.1) is 30.0 Å². The van der Waals surface area contributed by atoms with Gasteiger partial charge in [-0.15, -0.1) is 0 Å². The molecule has 1 aromatic heterocycles. The maximum atomic E-state index is 14.0. The van der Waals surface area contributed by atoms with E-state index in [9.17, 15) is 19.2 Å². The number of hydrogen-bond donors (Lipinski definition) is 1. The van der Waals surface area contributed by atoms with Crippen molar-refractivity contribution in [3.05, 3.63) is 35.3 Å². The molecule has 0 saturated carbocycles. The van der Waals surface area contributed by atoms with Crippen molar-refractivity contribution in [1.82, 2.24) is 10.3 Å². The van der Waals surface area contributed by atoms with Gasteiger partial charge in [-0.25, -0.2) is 4.39 Å². The van der Waals surface area contributed by atoms with Gasteiger partial charge in [0.05, 0.1) is 23.4 Å². The number of piperidine rings is 1. The summed E-state index contributed by atoms with van der Waals surface area (Å²) in [6.07, 6.45) is 2.65. The molecule has 1 saturated heterocycles. The maximum absolute atomic E-state index is 14.0. The van der Waals surface area contributed by atoms with E-state index in [4.69, 9.17) is 4.74 Å². The fourth-order valence-electron chi connectivity index (χ4n) is 3.73. The summed E-state index contributed by atoms with van der Waals surface area (Å²) in [6.45, 7) is 4.71. The highest BCUT2D eigenvalue weighted by atomic mass is 19.1. The lowest BCUT2D eigenvalue weighted by Gasteiger charge is -2.34. The highest BCUT2D eigenvalue weighted by Gasteiger charge is 2.28. The molecule has 7 nitrogen and oxygen atoms in total. The number of pyridine rings is 1. The summed E-state index contributed by atoms with van der Waals surface area (Å²) >= 11 is 0. The van der Waals surface area contributed by atoms with Crippen molar-refractivity contribution in [1.29, 1.82) is 5.26 Å². The summed E-state index contributed by atoms with van der Waals surface area (Å²) in [7, 11) is 0. The zero-order valence-corrected chi connectivity index (χ0v) is 16.5. The number of aryl methyl sites for hydroxylation is 1. The molecule has 1 amide bonds. The average Bonchev–Trinajstić information content (AvgIpc) is 2.71. The van der Waals surface area contributed by atoms with Crippen LogP contribution < -0.4 is 10.2 Å². The lowest BCUT2D eigenvalue weighted by Crippen LogP contribution is -2.42. The van der Waals surface area contributed by atoms with E-state index < -0.39 is 5.97 Å². The fraction of sp³-hybridized carbons (Fsp3) is 0.429. The van der Waals surface area contributed by atoms with Gasteiger partial charge >= 0.3 is 5.97 Å². The Bertz CT molecular complexity index is 978. The van der Waals surface area contributed by atoms with Crippen molar-refractivity contribution in [2.75, 3.05) is 31.1 Å². The van der Waals surface area contributed by atoms with E-state index in [1.165, 1.54) is 18.3 Å². The molecule has 2 heterocycles. The van der Waals surface area contributed by atoms with Gasteiger partial charge in [0.1, 0.15) is 18.4 Å². The molecule has 0 unspecified atom stereocenters. The molecule has 1 aromatic carbocycles. The number of nitrogens with zero attached hydrogens (tertiary/aromatic N) is 3. The lowest BCUT2D eigenvalue weighted by atomic mass is 9.94. The Hall–Kier alpha value is -3.21. The van der Waals surface area contributed by atoms with Gasteiger partial charge in [-0.05, 0) is 44.4 Å². The number of hydrogen-bond acceptors (Lipinski definition) is 6. The van der Waals surface area contributed by atoms with E-state index in [1.54, 1.807) is 13.8 Å². The zero-order valence-electron chi connectivity index (χ0n) is 16.5. The number of amides is 1. The van der Waals surface area contributed by atoms with Gasteiger partial charge in [-0.3, -0.25) is 14.6 Å². The van der Waals surface area contributed by atoms with E-state index in [0.717, 1.165) is 0 Å². The first-order valence-electron chi connectivity index (χ1n) is 9.61. The van der Waals surface area contributed by atoms with E-state index in [2.05, 4.69) is 16.4 Å². The van der Waals surface area contributed by atoms with E-state index in [0.29, 0.717) is 53.6 Å². The number of fused-ring (bicyclic) bond motifs is 1. The van der Waals surface area contributed by atoms with Crippen molar-refractivity contribution >= 4 is 28.5 Å². The van der Waals surface area contributed by atoms with Gasteiger partial charge in [0, 0.05) is 30.6 Å². The first kappa shape index (κ1) is 20.5. The van der Waals surface area contributed by atoms with Crippen molar-refractivity contribution in [2.45, 2.75) is 26.7 Å². The zero-order chi connectivity index (χ0) is 21.0. The monoisotopic (exact) mass is 398 g/mol. The Labute approximate surface area is 168 Å². The molecular formula is C21H23FN4O3. The molecule has 1 aliphatic rings. The second kappa shape index (κ2) is 8.86. The third-order valence-corrected chi connectivity index (χ3v) is 5.11. The topological polar surface area (TPSA) is 95.3 Å². The Morgan fingerprint density at radius 1 is 1.38 bits per heavy atom. The average molecular weight is 398 g/mol. The summed E-state index contributed by atoms with van der Waals surface area (Å²) < 4.78 is 18.8. The van der Waals surface area contributed by atoms with E-state index in [1.807, 2.05) is 4.90 Å². The van der Waals surface area contributed by atoms with Crippen LogP contribution in [0.25, 0.3) is 10.9 Å². The number of carbonyl (C=O) groups excluding carboxylic acids is 2. The molecule has 0 radical (unpaired) electrons. The molecule has 2 aromatic rings. The number of esters is 1. The van der Waals surface area contributed by atoms with Crippen molar-refractivity contribution in [2.24, 2.45) is 5.92 Å². The van der Waals surface area contributed by atoms with Crippen LogP contribution in [0.5, 0.6) is 0 Å². The second-order valence-electron chi connectivity index (χ2n) is 7.04. The first-order chi connectivity index (χ1) is 13.9. The standard InChI is InChI=1S/C21H23FN4O3/c1-3-29-18(27)12-25-21(28)14-4-6-26(7-5-14)20-15(10-23)11-24-19-13(2)8-16(22)9-17(19)20/h8-9,11,14H,3-7,12H2,1-2H3,(H,25,28). The minimum absolute atomic E-state index is 0.140. The number of anilines is 1. The van der Waals surface area contributed by atoms with Crippen molar-refractivity contribution < 1.29 is 18.7 Å². The molecule has 3 rings (SSSR count). The van der Waals surface area contributed by atoms with E-state index in [-0.39, 0.29) is 30.8 Å². The molecule has 1 aliphatic heterocycles. The number of benzene rings is 1. The lowest BCUT2D eigenvalue weighted by molar-refractivity contribution is -0.143. The van der Waals surface area contributed by atoms with E-state index >= 15 is 0 Å². The Kier molecular flexibility index (Phi) is 6.27. The summed E-state index contributed by atoms with van der Waals surface area (Å²) in [6, 6.07) is 4.97. The van der Waals surface area contributed by atoms with Crippen LogP contribution in [0.3, 0.4) is 0 Å². The van der Waals surface area contributed by atoms with Crippen LogP contribution in [0.2, 0.25) is 0 Å². The van der Waals surface area contributed by atoms with Gasteiger partial charge < -0.3 is 15.0 Å². The van der Waals surface area contributed by atoms with Gasteiger partial charge in [0.25, 0.3) is 0 Å². The van der Waals surface area contributed by atoms with Crippen LogP contribution in [0.1, 0.15) is 30.9 Å². The molecule has 152 valence electrons. The number of aromatic nitrogens is 1. The quantitative estimate of drug-likeness (QED) is 0.778. The number of ether oxygens (including phenoxy) is 1. The number of nitriles is 1. The number of carbonyl (C=O) groups is 2. The molecule has 8 heteroatoms. The summed E-state index contributed by atoms with van der Waals surface area (Å²) in [5.74, 6) is -1.24. The minimum atomic E-state index is -0.461. The SMILES string of the molecule is CCOC(=O)CNC(=O)C1CCN(c2c(C#N)cnc3c(C)cc(F)cc23)CC1. The third-order valence-electron chi connectivity index (χ3n) is 5.11. The number of nitrogens with one attached hydrogen (secondary N) is 1. The molecule has 1 N–H and O–H groups in total. The highest BCUT2D eigenvalue weighted by molar-refractivity contribution is 5.96. The molecule has 1 fully saturated rings. The smallest absolute Gasteiger partial charge is 0.325 e. The Morgan fingerprint density at radius 2 is 2.10 bits per heavy atom. The third kappa shape index (κ3) is 4.45. The van der Waals surface area contributed by atoms with Crippen LogP contribution in [-0.2, 0) is 14.3 Å². The first-order valence-corrected chi connectivity index (χ1v) is 9.61. The van der Waals surface area contributed by atoms with Gasteiger partial charge in [0.15, 0.2) is 0 Å². The van der Waals surface area contributed by atoms with Gasteiger partial charge in [0.2, 0.25) is 5.91 Å². The fourth-order valence-corrected chi connectivity index (χ4v) is 3.73. The molecule has 0 aliphatic carbocycles. The normalized spacial score (nSPS) is 14.5. The Balaban J connectivity index is 1.76. The van der Waals surface area contributed by atoms with Gasteiger partial charge in [-0.1, -0.05) is 0 Å².